The molecule has 1 aromatic carbocycles. The molecule has 3 nitrogen and oxygen atoms in total. The fraction of sp³-hybridized carbons (Fsp3) is 0.231. The van der Waals surface area contributed by atoms with Crippen molar-refractivity contribution in [1.82, 2.24) is 5.32 Å². The zero-order valence-corrected chi connectivity index (χ0v) is 13.4. The second kappa shape index (κ2) is 6.18. The van der Waals surface area contributed by atoms with E-state index in [1.54, 1.807) is 19.2 Å². The van der Waals surface area contributed by atoms with Crippen LogP contribution in [0.2, 0.25) is 10.2 Å². The molecular formula is C13H12BrCl2NO2. The average molecular weight is 365 g/mol. The Labute approximate surface area is 130 Å². The van der Waals surface area contributed by atoms with Gasteiger partial charge in [-0.1, -0.05) is 11.6 Å². The average Bonchev–Trinajstić information content (AvgIpc) is 2.76. The van der Waals surface area contributed by atoms with Gasteiger partial charge < -0.3 is 14.5 Å². The SMILES string of the molecule is CNC(c1ccc(Cl)o1)c1cc(Cl)cc(Br)c1OC. The summed E-state index contributed by atoms with van der Waals surface area (Å²) in [7, 11) is 3.44. The highest BCUT2D eigenvalue weighted by molar-refractivity contribution is 9.10. The van der Waals surface area contributed by atoms with Gasteiger partial charge in [0.2, 0.25) is 0 Å². The van der Waals surface area contributed by atoms with E-state index in [2.05, 4.69) is 21.2 Å². The van der Waals surface area contributed by atoms with Crippen LogP contribution in [0.25, 0.3) is 0 Å². The van der Waals surface area contributed by atoms with Gasteiger partial charge in [0.15, 0.2) is 5.22 Å². The van der Waals surface area contributed by atoms with Crippen LogP contribution in [0.1, 0.15) is 17.4 Å². The van der Waals surface area contributed by atoms with E-state index in [-0.39, 0.29) is 6.04 Å². The predicted octanol–water partition coefficient (Wildman–Crippen LogP) is 4.67. The van der Waals surface area contributed by atoms with Gasteiger partial charge in [-0.2, -0.15) is 0 Å². The van der Waals surface area contributed by atoms with Crippen LogP contribution in [-0.2, 0) is 0 Å². The molecule has 0 saturated carbocycles. The molecule has 0 aliphatic carbocycles. The van der Waals surface area contributed by atoms with Crippen molar-refractivity contribution in [2.24, 2.45) is 0 Å². The van der Waals surface area contributed by atoms with E-state index in [4.69, 9.17) is 32.4 Å². The summed E-state index contributed by atoms with van der Waals surface area (Å²) in [6.07, 6.45) is 0. The van der Waals surface area contributed by atoms with Gasteiger partial charge >= 0.3 is 0 Å². The molecule has 0 radical (unpaired) electrons. The minimum atomic E-state index is -0.197. The van der Waals surface area contributed by atoms with E-state index in [0.29, 0.717) is 21.8 Å². The zero-order valence-electron chi connectivity index (χ0n) is 10.3. The minimum Gasteiger partial charge on any atom is -0.495 e. The van der Waals surface area contributed by atoms with Gasteiger partial charge in [0.25, 0.3) is 0 Å². The molecule has 102 valence electrons. The van der Waals surface area contributed by atoms with Crippen LogP contribution in [0.15, 0.2) is 33.2 Å². The Kier molecular flexibility index (Phi) is 4.79. The summed E-state index contributed by atoms with van der Waals surface area (Å²) in [6.45, 7) is 0. The highest BCUT2D eigenvalue weighted by Gasteiger charge is 2.22. The predicted molar refractivity (Wildman–Crippen MR) is 80.3 cm³/mol. The van der Waals surface area contributed by atoms with E-state index >= 15 is 0 Å². The van der Waals surface area contributed by atoms with Crippen molar-refractivity contribution < 1.29 is 9.15 Å². The van der Waals surface area contributed by atoms with Crippen molar-refractivity contribution in [1.29, 1.82) is 0 Å². The van der Waals surface area contributed by atoms with Crippen molar-refractivity contribution in [3.05, 3.63) is 50.3 Å². The fourth-order valence-corrected chi connectivity index (χ4v) is 3.09. The monoisotopic (exact) mass is 363 g/mol. The molecule has 0 aliphatic heterocycles. The molecule has 0 aliphatic rings. The summed E-state index contributed by atoms with van der Waals surface area (Å²) in [5.41, 5.74) is 0.871. The molecule has 0 amide bonds. The van der Waals surface area contributed by atoms with E-state index in [1.807, 2.05) is 19.2 Å². The van der Waals surface area contributed by atoms with E-state index in [0.717, 1.165) is 10.0 Å². The van der Waals surface area contributed by atoms with Crippen LogP contribution in [0.5, 0.6) is 5.75 Å². The third-order valence-corrected chi connectivity index (χ3v) is 3.73. The topological polar surface area (TPSA) is 34.4 Å². The molecule has 0 spiro atoms. The highest BCUT2D eigenvalue weighted by Crippen LogP contribution is 2.38. The molecule has 19 heavy (non-hydrogen) atoms. The Morgan fingerprint density at radius 2 is 2.05 bits per heavy atom. The van der Waals surface area contributed by atoms with E-state index < -0.39 is 0 Å². The molecule has 1 aromatic heterocycles. The molecule has 2 aromatic rings. The molecule has 0 fully saturated rings. The third kappa shape index (κ3) is 3.08. The standard InChI is InChI=1S/C13H12BrCl2NO2/c1-17-12(10-3-4-11(16)19-10)8-5-7(15)6-9(14)13(8)18-2/h3-6,12,17H,1-2H3. The number of methoxy groups -OCH3 is 1. The second-order valence-electron chi connectivity index (χ2n) is 3.87. The summed E-state index contributed by atoms with van der Waals surface area (Å²) >= 11 is 15.4. The Morgan fingerprint density at radius 1 is 1.32 bits per heavy atom. The second-order valence-corrected chi connectivity index (χ2v) is 5.54. The van der Waals surface area contributed by atoms with Crippen LogP contribution in [0.3, 0.4) is 0 Å². The lowest BCUT2D eigenvalue weighted by Crippen LogP contribution is -2.18. The molecule has 1 atom stereocenters. The Morgan fingerprint density at radius 3 is 2.58 bits per heavy atom. The number of rotatable bonds is 4. The van der Waals surface area contributed by atoms with Gasteiger partial charge in [0, 0.05) is 10.6 Å². The first kappa shape index (κ1) is 14.7. The molecule has 1 heterocycles. The van der Waals surface area contributed by atoms with Crippen LogP contribution in [-0.4, -0.2) is 14.2 Å². The lowest BCUT2D eigenvalue weighted by molar-refractivity contribution is 0.394. The molecule has 0 bridgehead atoms. The first-order chi connectivity index (χ1) is 9.06. The maximum Gasteiger partial charge on any atom is 0.193 e. The first-order valence-electron chi connectivity index (χ1n) is 5.52. The lowest BCUT2D eigenvalue weighted by Gasteiger charge is -2.18. The van der Waals surface area contributed by atoms with Crippen molar-refractivity contribution >= 4 is 39.1 Å². The first-order valence-corrected chi connectivity index (χ1v) is 7.07. The number of halogens is 3. The van der Waals surface area contributed by atoms with Gasteiger partial charge in [0.1, 0.15) is 11.5 Å². The molecule has 2 rings (SSSR count). The smallest absolute Gasteiger partial charge is 0.193 e. The number of benzene rings is 1. The number of hydrogen-bond donors (Lipinski definition) is 1. The van der Waals surface area contributed by atoms with Gasteiger partial charge in [-0.25, -0.2) is 0 Å². The van der Waals surface area contributed by atoms with Crippen LogP contribution in [0, 0.1) is 0 Å². The lowest BCUT2D eigenvalue weighted by atomic mass is 10.0. The van der Waals surface area contributed by atoms with Crippen molar-refractivity contribution in [3.8, 4) is 5.75 Å². The van der Waals surface area contributed by atoms with Gasteiger partial charge in [-0.3, -0.25) is 0 Å². The number of ether oxygens (including phenoxy) is 1. The largest absolute Gasteiger partial charge is 0.495 e. The van der Waals surface area contributed by atoms with Crippen LogP contribution >= 0.6 is 39.1 Å². The van der Waals surface area contributed by atoms with Crippen molar-refractivity contribution in [2.45, 2.75) is 6.04 Å². The normalized spacial score (nSPS) is 12.5. The van der Waals surface area contributed by atoms with Crippen molar-refractivity contribution in [3.63, 3.8) is 0 Å². The Hall–Kier alpha value is -0.680. The van der Waals surface area contributed by atoms with E-state index in [9.17, 15) is 0 Å². The van der Waals surface area contributed by atoms with Gasteiger partial charge in [-0.05, 0) is 58.8 Å². The number of nitrogens with one attached hydrogen (secondary N) is 1. The molecule has 1 unspecified atom stereocenters. The quantitative estimate of drug-likeness (QED) is 0.856. The number of hydrogen-bond acceptors (Lipinski definition) is 3. The summed E-state index contributed by atoms with van der Waals surface area (Å²) in [6, 6.07) is 6.94. The molecule has 6 heteroatoms. The Bertz CT molecular complexity index is 586. The molecular weight excluding hydrogens is 353 g/mol. The summed E-state index contributed by atoms with van der Waals surface area (Å²) in [5, 5.41) is 4.12. The third-order valence-electron chi connectivity index (χ3n) is 2.72. The zero-order chi connectivity index (χ0) is 14.0. The molecule has 0 saturated heterocycles. The maximum atomic E-state index is 6.10. The Balaban J connectivity index is 2.54. The fourth-order valence-electron chi connectivity index (χ4n) is 1.94. The molecule has 1 N–H and O–H groups in total. The highest BCUT2D eigenvalue weighted by atomic mass is 79.9. The number of furan rings is 1. The van der Waals surface area contributed by atoms with E-state index in [1.165, 1.54) is 0 Å². The summed E-state index contributed by atoms with van der Waals surface area (Å²) in [5.74, 6) is 1.40. The summed E-state index contributed by atoms with van der Waals surface area (Å²) in [4.78, 5) is 0. The van der Waals surface area contributed by atoms with Crippen LogP contribution in [0.4, 0.5) is 0 Å². The minimum absolute atomic E-state index is 0.197. The summed E-state index contributed by atoms with van der Waals surface area (Å²) < 4.78 is 11.7. The van der Waals surface area contributed by atoms with Crippen LogP contribution < -0.4 is 10.1 Å². The van der Waals surface area contributed by atoms with Crippen molar-refractivity contribution in [2.75, 3.05) is 14.2 Å². The van der Waals surface area contributed by atoms with Gasteiger partial charge in [-0.15, -0.1) is 0 Å². The maximum absolute atomic E-state index is 6.10. The van der Waals surface area contributed by atoms with Gasteiger partial charge in [0.05, 0.1) is 17.6 Å².